The quantitative estimate of drug-likeness (QED) is 0.421. The maximum Gasteiger partial charge on any atom is 0.0340 e. The van der Waals surface area contributed by atoms with Gasteiger partial charge in [0.1, 0.15) is 0 Å². The van der Waals surface area contributed by atoms with Crippen LogP contribution in [0.25, 0.3) is 5.57 Å². The first-order valence-corrected chi connectivity index (χ1v) is 12.4. The van der Waals surface area contributed by atoms with E-state index in [1.807, 2.05) is 27.7 Å². The number of hydrogen-bond donors (Lipinski definition) is 1. The third-order valence-electron chi connectivity index (χ3n) is 4.56. The van der Waals surface area contributed by atoms with Crippen LogP contribution in [-0.4, -0.2) is 6.54 Å². The van der Waals surface area contributed by atoms with Crippen molar-refractivity contribution in [1.29, 1.82) is 0 Å². The largest absolute Gasteiger partial charge is 0.385 e. The highest BCUT2D eigenvalue weighted by Crippen LogP contribution is 2.14. The number of anilines is 1. The first-order chi connectivity index (χ1) is 15.8. The van der Waals surface area contributed by atoms with Crippen molar-refractivity contribution in [3.63, 3.8) is 0 Å². The molecule has 33 heavy (non-hydrogen) atoms. The van der Waals surface area contributed by atoms with Gasteiger partial charge in [0, 0.05) is 12.2 Å². The van der Waals surface area contributed by atoms with Gasteiger partial charge in [0.05, 0.1) is 0 Å². The molecule has 0 amide bonds. The minimum Gasteiger partial charge on any atom is -0.385 e. The molecular formula is C32H49N. The lowest BCUT2D eigenvalue weighted by atomic mass is 10.1. The smallest absolute Gasteiger partial charge is 0.0340 e. The van der Waals surface area contributed by atoms with Crippen molar-refractivity contribution in [2.45, 2.75) is 76.2 Å². The van der Waals surface area contributed by atoms with E-state index in [9.17, 15) is 0 Å². The van der Waals surface area contributed by atoms with E-state index in [-0.39, 0.29) is 0 Å². The summed E-state index contributed by atoms with van der Waals surface area (Å²) in [5.41, 5.74) is 9.16. The zero-order valence-electron chi connectivity index (χ0n) is 23.2. The van der Waals surface area contributed by atoms with E-state index in [1.165, 1.54) is 39.1 Å². The van der Waals surface area contributed by atoms with Crippen LogP contribution < -0.4 is 5.32 Å². The molecule has 0 saturated carbocycles. The Labute approximate surface area is 206 Å². The number of aryl methyl sites for hydroxylation is 4. The number of allylic oxidation sites excluding steroid dienone is 2. The van der Waals surface area contributed by atoms with Crippen LogP contribution in [0.5, 0.6) is 0 Å². The summed E-state index contributed by atoms with van der Waals surface area (Å²) >= 11 is 0. The molecule has 0 saturated heterocycles. The van der Waals surface area contributed by atoms with Crippen LogP contribution in [0.4, 0.5) is 5.69 Å². The van der Waals surface area contributed by atoms with E-state index < -0.39 is 0 Å². The number of hydrogen-bond acceptors (Lipinski definition) is 1. The highest BCUT2D eigenvalue weighted by Gasteiger charge is 1.92. The topological polar surface area (TPSA) is 12.0 Å². The second kappa shape index (κ2) is 21.1. The van der Waals surface area contributed by atoms with Gasteiger partial charge in [-0.3, -0.25) is 0 Å². The van der Waals surface area contributed by atoms with Gasteiger partial charge in [0.2, 0.25) is 0 Å². The van der Waals surface area contributed by atoms with E-state index in [4.69, 9.17) is 0 Å². The van der Waals surface area contributed by atoms with Gasteiger partial charge in [-0.05, 0) is 71.7 Å². The average Bonchev–Trinajstić information content (AvgIpc) is 2.85. The van der Waals surface area contributed by atoms with Gasteiger partial charge in [-0.25, -0.2) is 0 Å². The molecule has 0 spiro atoms. The fourth-order valence-corrected chi connectivity index (χ4v) is 2.57. The van der Waals surface area contributed by atoms with Crippen LogP contribution >= 0.6 is 0 Å². The summed E-state index contributed by atoms with van der Waals surface area (Å²) in [4.78, 5) is 0. The van der Waals surface area contributed by atoms with Crippen molar-refractivity contribution in [1.82, 2.24) is 0 Å². The lowest BCUT2D eigenvalue weighted by molar-refractivity contribution is 1.21. The van der Waals surface area contributed by atoms with Gasteiger partial charge >= 0.3 is 0 Å². The zero-order valence-corrected chi connectivity index (χ0v) is 23.2. The summed E-state index contributed by atoms with van der Waals surface area (Å²) in [6, 6.07) is 25.4. The zero-order chi connectivity index (χ0) is 25.6. The van der Waals surface area contributed by atoms with Crippen LogP contribution in [-0.2, 0) is 0 Å². The van der Waals surface area contributed by atoms with E-state index in [1.54, 1.807) is 0 Å². The molecule has 0 aliphatic carbocycles. The van der Waals surface area contributed by atoms with Gasteiger partial charge < -0.3 is 5.32 Å². The minimum atomic E-state index is 0.989. The van der Waals surface area contributed by atoms with Crippen molar-refractivity contribution in [2.75, 3.05) is 11.9 Å². The van der Waals surface area contributed by atoms with E-state index in [2.05, 4.69) is 133 Å². The summed E-state index contributed by atoms with van der Waals surface area (Å²) in [5.74, 6) is 0. The fraction of sp³-hybridized carbons (Fsp3) is 0.375. The predicted molar refractivity (Wildman–Crippen MR) is 154 cm³/mol. The first kappa shape index (κ1) is 32.4. The lowest BCUT2D eigenvalue weighted by Gasteiger charge is -2.01. The van der Waals surface area contributed by atoms with E-state index in [0.717, 1.165) is 6.54 Å². The van der Waals surface area contributed by atoms with Crippen LogP contribution in [0.3, 0.4) is 0 Å². The molecule has 3 rings (SSSR count). The molecule has 1 N–H and O–H groups in total. The maximum absolute atomic E-state index is 3.23. The van der Waals surface area contributed by atoms with Crippen LogP contribution in [0, 0.1) is 27.7 Å². The Hall–Kier alpha value is -2.80. The molecular weight excluding hydrogens is 398 g/mol. The van der Waals surface area contributed by atoms with Crippen LogP contribution in [0.2, 0.25) is 0 Å². The Morgan fingerprint density at radius 1 is 0.667 bits per heavy atom. The SMILES string of the molecule is C/C=C(\C)c1cccc(C)c1.CC.CC.CCNc1ccc(C)cc1.Cc1ccc(C)cc1. The Bertz CT molecular complexity index is 835. The molecule has 0 atom stereocenters. The van der Waals surface area contributed by atoms with Crippen molar-refractivity contribution in [3.8, 4) is 0 Å². The standard InChI is InChI=1S/C11H14.C9H13N.C8H10.2C2H6/c1-4-10(3)11-7-5-6-9(2)8-11;1-3-10-9-6-4-8(2)5-7-9;1-7-3-5-8(2)6-4-7;2*1-2/h4-8H,1-3H3;4-7,10H,3H2,1-2H3;3-6H,1-2H3;2*1-2H3/b10-4+;;;;. The van der Waals surface area contributed by atoms with Gasteiger partial charge in [0.25, 0.3) is 0 Å². The molecule has 0 bridgehead atoms. The molecule has 182 valence electrons. The first-order valence-electron chi connectivity index (χ1n) is 12.4. The maximum atomic E-state index is 3.23. The van der Waals surface area contributed by atoms with Crippen molar-refractivity contribution in [3.05, 3.63) is 107 Å². The molecule has 0 aromatic heterocycles. The summed E-state index contributed by atoms with van der Waals surface area (Å²) < 4.78 is 0. The van der Waals surface area contributed by atoms with E-state index >= 15 is 0 Å². The van der Waals surface area contributed by atoms with Crippen molar-refractivity contribution < 1.29 is 0 Å². The van der Waals surface area contributed by atoms with Gasteiger partial charge in [-0.2, -0.15) is 0 Å². The fourth-order valence-electron chi connectivity index (χ4n) is 2.57. The molecule has 0 unspecified atom stereocenters. The second-order valence-electron chi connectivity index (χ2n) is 7.39. The summed E-state index contributed by atoms with van der Waals surface area (Å²) in [5, 5.41) is 3.23. The molecule has 1 nitrogen and oxygen atoms in total. The predicted octanol–water partition coefficient (Wildman–Crippen LogP) is 10.2. The monoisotopic (exact) mass is 447 g/mol. The highest BCUT2D eigenvalue weighted by molar-refractivity contribution is 5.63. The molecule has 0 radical (unpaired) electrons. The highest BCUT2D eigenvalue weighted by atomic mass is 14.8. The van der Waals surface area contributed by atoms with Crippen LogP contribution in [0.15, 0.2) is 78.9 Å². The molecule has 0 aliphatic heterocycles. The van der Waals surface area contributed by atoms with Gasteiger partial charge in [-0.1, -0.05) is 117 Å². The van der Waals surface area contributed by atoms with E-state index in [0.29, 0.717) is 0 Å². The second-order valence-corrected chi connectivity index (χ2v) is 7.39. The molecule has 3 aromatic rings. The summed E-state index contributed by atoms with van der Waals surface area (Å²) in [6.07, 6.45) is 2.13. The Morgan fingerprint density at radius 2 is 1.09 bits per heavy atom. The van der Waals surface area contributed by atoms with Crippen molar-refractivity contribution >= 4 is 11.3 Å². The van der Waals surface area contributed by atoms with Crippen molar-refractivity contribution in [2.24, 2.45) is 0 Å². The minimum absolute atomic E-state index is 0.989. The third-order valence-corrected chi connectivity index (χ3v) is 4.56. The molecule has 3 aromatic carbocycles. The Morgan fingerprint density at radius 3 is 1.45 bits per heavy atom. The third kappa shape index (κ3) is 16.5. The van der Waals surface area contributed by atoms with Gasteiger partial charge in [0.15, 0.2) is 0 Å². The van der Waals surface area contributed by atoms with Crippen LogP contribution in [0.1, 0.15) is 76.3 Å². The normalized spacial score (nSPS) is 9.36. The Kier molecular flexibility index (Phi) is 20.7. The summed E-state index contributed by atoms with van der Waals surface area (Å²) in [6.45, 7) is 23.7. The molecule has 0 fully saturated rings. The molecule has 0 heterocycles. The molecule has 1 heteroatoms. The average molecular weight is 448 g/mol. The molecule has 0 aliphatic rings. The number of nitrogens with one attached hydrogen (secondary N) is 1. The number of rotatable bonds is 3. The van der Waals surface area contributed by atoms with Gasteiger partial charge in [-0.15, -0.1) is 0 Å². The lowest BCUT2D eigenvalue weighted by Crippen LogP contribution is -1.95. The number of benzene rings is 3. The Balaban J connectivity index is 0. The summed E-state index contributed by atoms with van der Waals surface area (Å²) in [7, 11) is 0.